The van der Waals surface area contributed by atoms with E-state index in [1.54, 1.807) is 9.80 Å². The predicted octanol–water partition coefficient (Wildman–Crippen LogP) is 1.84. The Morgan fingerprint density at radius 1 is 0.818 bits per heavy atom. The number of carbonyl (C=O) groups excluding carboxylic acids is 3. The Morgan fingerprint density at radius 2 is 1.55 bits per heavy atom. The Hall–Kier alpha value is -3.05. The van der Waals surface area contributed by atoms with Crippen molar-refractivity contribution in [2.24, 2.45) is 11.8 Å². The summed E-state index contributed by atoms with van der Waals surface area (Å²) in [5.41, 5.74) is -1.24. The van der Waals surface area contributed by atoms with Gasteiger partial charge in [-0.1, -0.05) is 67.5 Å². The number of likely N-dealkylation sites (tertiary alicyclic amines) is 1. The lowest BCUT2D eigenvalue weighted by molar-refractivity contribution is -0.153. The van der Waals surface area contributed by atoms with Crippen molar-refractivity contribution in [1.29, 1.82) is 0 Å². The maximum atomic E-state index is 14.5. The number of hydrogen-bond acceptors (Lipinski definition) is 7. The first-order valence-electron chi connectivity index (χ1n) is 16.3. The van der Waals surface area contributed by atoms with E-state index < -0.39 is 29.1 Å². The third-order valence-electron chi connectivity index (χ3n) is 10.0. The fourth-order valence-electron chi connectivity index (χ4n) is 7.84. The molecule has 1 unspecified atom stereocenters. The molecule has 3 amide bonds. The van der Waals surface area contributed by atoms with Gasteiger partial charge in [-0.25, -0.2) is 0 Å². The summed E-state index contributed by atoms with van der Waals surface area (Å²) >= 11 is 0. The molecule has 1 aromatic carbocycles. The van der Waals surface area contributed by atoms with Crippen molar-refractivity contribution >= 4 is 17.7 Å². The first-order chi connectivity index (χ1) is 21.4. The summed E-state index contributed by atoms with van der Waals surface area (Å²) < 4.78 is 12.5. The Balaban J connectivity index is 1.31. The number of ether oxygens (including phenoxy) is 2. The largest absolute Gasteiger partial charge is 0.396 e. The number of unbranched alkanes of at least 4 members (excludes halogenated alkanes) is 3. The average Bonchev–Trinajstić information content (AvgIpc) is 3.30. The molecule has 3 saturated heterocycles. The van der Waals surface area contributed by atoms with E-state index in [1.807, 2.05) is 66.5 Å². The summed E-state index contributed by atoms with van der Waals surface area (Å²) in [6.07, 6.45) is 10.9. The molecule has 5 atom stereocenters. The van der Waals surface area contributed by atoms with E-state index in [1.165, 1.54) is 0 Å². The van der Waals surface area contributed by atoms with Gasteiger partial charge in [0, 0.05) is 59.0 Å². The maximum Gasteiger partial charge on any atom is 0.249 e. The van der Waals surface area contributed by atoms with E-state index in [4.69, 9.17) is 9.47 Å². The quantitative estimate of drug-likeness (QED) is 0.303. The standard InChI is InChI=1S/C34H46N4O6/c1-33-13-9-16-37(25-26-11-5-4-6-12-26)30(40)27(33)28-31(41)38(17-7-2-3-8-22-39)29-32(42)36(15-10-14-34(28,29)44-33)19-18-35-20-23-43-24-21-35/h4-6,9-14,27-29,39H,2-3,7-8,15-25H2,1H3/t27-,28-,29?,33+,34-/m0/s1. The number of hydrogen-bond donors (Lipinski definition) is 1. The number of benzene rings is 1. The molecule has 5 aliphatic rings. The van der Waals surface area contributed by atoms with Crippen LogP contribution in [0, 0.1) is 11.8 Å². The molecule has 1 N–H and O–H groups in total. The highest BCUT2D eigenvalue weighted by Crippen LogP contribution is 2.57. The second-order valence-electron chi connectivity index (χ2n) is 12.9. The summed E-state index contributed by atoms with van der Waals surface area (Å²) in [6, 6.07) is 9.04. The van der Waals surface area contributed by atoms with Gasteiger partial charge in [-0.05, 0) is 25.3 Å². The number of rotatable bonds is 11. The van der Waals surface area contributed by atoms with Crippen LogP contribution in [0.4, 0.5) is 0 Å². The van der Waals surface area contributed by atoms with Crippen LogP contribution in [0.1, 0.15) is 38.2 Å². The third kappa shape index (κ3) is 5.73. The van der Waals surface area contributed by atoms with Gasteiger partial charge in [0.2, 0.25) is 17.7 Å². The van der Waals surface area contributed by atoms with Crippen LogP contribution in [-0.2, 0) is 30.4 Å². The SMILES string of the molecule is C[C@@]12C=CCN(Cc3ccccc3)C(=O)[C@@H]1[C@H]1C(=O)N(CCCCCCO)C3C(=O)N(CCN4CCOCC4)CC=C[C@@]31O2. The Labute approximate surface area is 260 Å². The van der Waals surface area contributed by atoms with Gasteiger partial charge in [0.05, 0.1) is 30.7 Å². The minimum Gasteiger partial charge on any atom is -0.396 e. The van der Waals surface area contributed by atoms with Crippen molar-refractivity contribution < 1.29 is 29.0 Å². The van der Waals surface area contributed by atoms with Gasteiger partial charge in [-0.15, -0.1) is 0 Å². The van der Waals surface area contributed by atoms with Crippen LogP contribution in [0.2, 0.25) is 0 Å². The minimum atomic E-state index is -1.23. The van der Waals surface area contributed by atoms with E-state index >= 15 is 0 Å². The number of morpholine rings is 1. The zero-order valence-electron chi connectivity index (χ0n) is 25.8. The molecular weight excluding hydrogens is 560 g/mol. The monoisotopic (exact) mass is 606 g/mol. The van der Waals surface area contributed by atoms with Crippen LogP contribution in [0.5, 0.6) is 0 Å². The predicted molar refractivity (Wildman–Crippen MR) is 164 cm³/mol. The van der Waals surface area contributed by atoms with Crippen LogP contribution in [-0.4, -0.2) is 125 Å². The molecular formula is C34H46N4O6. The average molecular weight is 607 g/mol. The first kappa shape index (κ1) is 31.0. The van der Waals surface area contributed by atoms with Crippen LogP contribution < -0.4 is 0 Å². The van der Waals surface area contributed by atoms with Gasteiger partial charge in [0.15, 0.2) is 0 Å². The lowest BCUT2D eigenvalue weighted by Gasteiger charge is -2.38. The van der Waals surface area contributed by atoms with Gasteiger partial charge >= 0.3 is 0 Å². The summed E-state index contributed by atoms with van der Waals surface area (Å²) in [6.45, 7) is 8.08. The summed E-state index contributed by atoms with van der Waals surface area (Å²) in [4.78, 5) is 51.1. The second-order valence-corrected chi connectivity index (χ2v) is 12.9. The van der Waals surface area contributed by atoms with Gasteiger partial charge < -0.3 is 29.3 Å². The second kappa shape index (κ2) is 13.1. The number of nitrogens with zero attached hydrogens (tertiary/aromatic N) is 4. The molecule has 1 aromatic rings. The number of fused-ring (bicyclic) bond motifs is 2. The number of aliphatic hydroxyl groups is 1. The molecule has 1 spiro atoms. The third-order valence-corrected chi connectivity index (χ3v) is 10.0. The molecule has 6 rings (SSSR count). The molecule has 44 heavy (non-hydrogen) atoms. The van der Waals surface area contributed by atoms with Gasteiger partial charge in [0.25, 0.3) is 0 Å². The number of amides is 3. The Kier molecular flexibility index (Phi) is 9.23. The van der Waals surface area contributed by atoms with Crippen molar-refractivity contribution in [1.82, 2.24) is 19.6 Å². The fraction of sp³-hybridized carbons (Fsp3) is 0.618. The summed E-state index contributed by atoms with van der Waals surface area (Å²) in [7, 11) is 0. The highest BCUT2D eigenvalue weighted by atomic mass is 16.5. The molecule has 5 aliphatic heterocycles. The molecule has 10 nitrogen and oxygen atoms in total. The van der Waals surface area contributed by atoms with Crippen molar-refractivity contribution in [3.8, 4) is 0 Å². The number of carbonyl (C=O) groups is 3. The molecule has 3 fully saturated rings. The normalized spacial score (nSPS) is 32.1. The van der Waals surface area contributed by atoms with Crippen molar-refractivity contribution in [2.75, 3.05) is 65.6 Å². The van der Waals surface area contributed by atoms with Gasteiger partial charge in [-0.3, -0.25) is 19.3 Å². The molecule has 0 aliphatic carbocycles. The highest BCUT2D eigenvalue weighted by Gasteiger charge is 2.74. The lowest BCUT2D eigenvalue weighted by Crippen LogP contribution is -2.56. The van der Waals surface area contributed by atoms with Crippen molar-refractivity contribution in [2.45, 2.75) is 56.4 Å². The topological polar surface area (TPSA) is 103 Å². The van der Waals surface area contributed by atoms with Crippen molar-refractivity contribution in [3.63, 3.8) is 0 Å². The zero-order chi connectivity index (χ0) is 30.7. The van der Waals surface area contributed by atoms with Crippen LogP contribution in [0.25, 0.3) is 0 Å². The molecule has 0 radical (unpaired) electrons. The van der Waals surface area contributed by atoms with Gasteiger partial charge in [0.1, 0.15) is 11.6 Å². The van der Waals surface area contributed by atoms with E-state index in [9.17, 15) is 19.5 Å². The summed E-state index contributed by atoms with van der Waals surface area (Å²) in [5.74, 6) is -1.97. The molecule has 0 bridgehead atoms. The smallest absolute Gasteiger partial charge is 0.249 e. The zero-order valence-corrected chi connectivity index (χ0v) is 25.8. The molecule has 238 valence electrons. The fourth-order valence-corrected chi connectivity index (χ4v) is 7.84. The van der Waals surface area contributed by atoms with E-state index in [2.05, 4.69) is 4.90 Å². The molecule has 10 heteroatoms. The Bertz CT molecular complexity index is 1270. The maximum absolute atomic E-state index is 14.5. The molecule has 5 heterocycles. The minimum absolute atomic E-state index is 0.116. The summed E-state index contributed by atoms with van der Waals surface area (Å²) in [5, 5.41) is 9.23. The van der Waals surface area contributed by atoms with E-state index in [0.29, 0.717) is 58.8 Å². The first-order valence-corrected chi connectivity index (χ1v) is 16.3. The number of aliphatic hydroxyl groups excluding tert-OH is 1. The highest BCUT2D eigenvalue weighted by molar-refractivity contribution is 6.00. The van der Waals surface area contributed by atoms with E-state index in [0.717, 1.165) is 38.0 Å². The van der Waals surface area contributed by atoms with E-state index in [-0.39, 0.29) is 24.3 Å². The molecule has 0 saturated carbocycles. The van der Waals surface area contributed by atoms with Crippen molar-refractivity contribution in [3.05, 3.63) is 60.2 Å². The van der Waals surface area contributed by atoms with Crippen LogP contribution >= 0.6 is 0 Å². The van der Waals surface area contributed by atoms with Gasteiger partial charge in [-0.2, -0.15) is 0 Å². The Morgan fingerprint density at radius 3 is 2.32 bits per heavy atom. The lowest BCUT2D eigenvalue weighted by atomic mass is 9.74. The van der Waals surface area contributed by atoms with Crippen LogP contribution in [0.15, 0.2) is 54.6 Å². The molecule has 0 aromatic heterocycles. The van der Waals surface area contributed by atoms with Crippen LogP contribution in [0.3, 0.4) is 0 Å².